The lowest BCUT2D eigenvalue weighted by atomic mass is 9.88. The molecule has 0 N–H and O–H groups in total. The molecule has 0 saturated carbocycles. The Kier molecular flexibility index (Phi) is 18.4. The molecule has 0 aliphatic carbocycles. The first-order chi connectivity index (χ1) is 23.0. The Morgan fingerprint density at radius 1 is 0.787 bits per heavy atom. The Hall–Kier alpha value is -3.02. The van der Waals surface area contributed by atoms with Crippen LogP contribution in [0.1, 0.15) is 155 Å². The fourth-order valence-electron chi connectivity index (χ4n) is 6.44. The molecule has 1 aliphatic rings. The van der Waals surface area contributed by atoms with Crippen LogP contribution in [0.2, 0.25) is 0 Å². The van der Waals surface area contributed by atoms with Gasteiger partial charge < -0.3 is 14.2 Å². The minimum absolute atomic E-state index is 0.353. The average Bonchev–Trinajstić information content (AvgIpc) is 3.43. The molecular formula is C41H64N2O4. The Morgan fingerprint density at radius 2 is 1.40 bits per heavy atom. The number of para-hydroxylation sites is 1. The maximum atomic E-state index is 12.7. The summed E-state index contributed by atoms with van der Waals surface area (Å²) in [5.74, 6) is 1.57. The van der Waals surface area contributed by atoms with Gasteiger partial charge in [0.1, 0.15) is 5.75 Å². The Labute approximate surface area is 286 Å². The van der Waals surface area contributed by atoms with Gasteiger partial charge in [0.05, 0.1) is 30.9 Å². The zero-order valence-corrected chi connectivity index (χ0v) is 30.2. The smallest absolute Gasteiger partial charge is 0.494 e. The highest BCUT2D eigenvalue weighted by Gasteiger charge is 2.43. The minimum atomic E-state index is -0.679. The van der Waals surface area contributed by atoms with E-state index < -0.39 is 11.7 Å². The summed E-state index contributed by atoms with van der Waals surface area (Å²) < 4.78 is 17.4. The van der Waals surface area contributed by atoms with Gasteiger partial charge in [-0.15, -0.1) is 5.10 Å². The van der Waals surface area contributed by atoms with Crippen LogP contribution in [0, 0.1) is 5.92 Å². The van der Waals surface area contributed by atoms with Gasteiger partial charge in [-0.25, -0.2) is 4.79 Å². The number of anilines is 1. The number of carbonyl (C=O) groups is 1. The van der Waals surface area contributed by atoms with Gasteiger partial charge in [0.2, 0.25) is 5.90 Å². The zero-order chi connectivity index (χ0) is 33.6. The van der Waals surface area contributed by atoms with Gasteiger partial charge in [-0.05, 0) is 55.5 Å². The molecule has 0 fully saturated rings. The van der Waals surface area contributed by atoms with E-state index in [1.54, 1.807) is 0 Å². The largest absolute Gasteiger partial charge is 0.514 e. The number of unbranched alkanes of at least 4 members (excludes halogenated alkanes) is 14. The summed E-state index contributed by atoms with van der Waals surface area (Å²) in [6, 6.07) is 18.3. The molecule has 262 valence electrons. The third-order valence-electron chi connectivity index (χ3n) is 9.58. The first kappa shape index (κ1) is 38.4. The molecule has 0 amide bonds. The summed E-state index contributed by atoms with van der Waals surface area (Å²) in [6.07, 6.45) is 22.9. The number of hydrazone groups is 1. The third-order valence-corrected chi connectivity index (χ3v) is 9.58. The van der Waals surface area contributed by atoms with E-state index in [4.69, 9.17) is 19.3 Å². The average molecular weight is 649 g/mol. The van der Waals surface area contributed by atoms with Gasteiger partial charge in [0, 0.05) is 0 Å². The van der Waals surface area contributed by atoms with E-state index in [0.717, 1.165) is 49.1 Å². The molecule has 0 aromatic heterocycles. The first-order valence-electron chi connectivity index (χ1n) is 19.0. The monoisotopic (exact) mass is 648 g/mol. The summed E-state index contributed by atoms with van der Waals surface area (Å²) in [5, 5.41) is 6.74. The van der Waals surface area contributed by atoms with E-state index in [9.17, 15) is 4.79 Å². The van der Waals surface area contributed by atoms with Gasteiger partial charge in [0.25, 0.3) is 0 Å². The predicted octanol–water partition coefficient (Wildman–Crippen LogP) is 12.4. The second-order valence-corrected chi connectivity index (χ2v) is 13.6. The molecule has 6 nitrogen and oxygen atoms in total. The van der Waals surface area contributed by atoms with E-state index in [-0.39, 0.29) is 0 Å². The van der Waals surface area contributed by atoms with Crippen LogP contribution in [0.3, 0.4) is 0 Å². The summed E-state index contributed by atoms with van der Waals surface area (Å²) in [6.45, 7) is 9.83. The van der Waals surface area contributed by atoms with E-state index in [1.165, 1.54) is 83.5 Å². The van der Waals surface area contributed by atoms with Crippen LogP contribution < -0.4 is 9.75 Å². The van der Waals surface area contributed by atoms with Crippen molar-refractivity contribution < 1.29 is 19.0 Å². The van der Waals surface area contributed by atoms with Crippen molar-refractivity contribution in [1.29, 1.82) is 0 Å². The fourth-order valence-corrected chi connectivity index (χ4v) is 6.44. The molecule has 1 aliphatic heterocycles. The van der Waals surface area contributed by atoms with Crippen molar-refractivity contribution in [3.63, 3.8) is 0 Å². The molecule has 6 heteroatoms. The third kappa shape index (κ3) is 13.9. The fraction of sp³-hybridized carbons (Fsp3) is 0.659. The molecule has 1 heterocycles. The van der Waals surface area contributed by atoms with Crippen molar-refractivity contribution in [2.75, 3.05) is 18.2 Å². The van der Waals surface area contributed by atoms with Crippen LogP contribution >= 0.6 is 0 Å². The maximum Gasteiger partial charge on any atom is 0.514 e. The van der Waals surface area contributed by atoms with Crippen molar-refractivity contribution in [2.45, 2.75) is 155 Å². The van der Waals surface area contributed by atoms with E-state index in [1.807, 2.05) is 47.5 Å². The lowest BCUT2D eigenvalue weighted by molar-refractivity contribution is 0.0771. The maximum absolute atomic E-state index is 12.7. The molecule has 47 heavy (non-hydrogen) atoms. The van der Waals surface area contributed by atoms with Crippen LogP contribution in [0.5, 0.6) is 5.75 Å². The summed E-state index contributed by atoms with van der Waals surface area (Å²) in [7, 11) is 0. The number of benzene rings is 2. The van der Waals surface area contributed by atoms with Crippen LogP contribution in [0.25, 0.3) is 0 Å². The van der Waals surface area contributed by atoms with Crippen molar-refractivity contribution in [2.24, 2.45) is 11.0 Å². The molecular weight excluding hydrogens is 584 g/mol. The van der Waals surface area contributed by atoms with Gasteiger partial charge in [0.15, 0.2) is 0 Å². The van der Waals surface area contributed by atoms with Crippen LogP contribution in [0.15, 0.2) is 59.7 Å². The summed E-state index contributed by atoms with van der Waals surface area (Å²) in [4.78, 5) is 12.7. The van der Waals surface area contributed by atoms with E-state index in [0.29, 0.717) is 31.5 Å². The zero-order valence-electron chi connectivity index (χ0n) is 30.2. The predicted molar refractivity (Wildman–Crippen MR) is 196 cm³/mol. The number of hydrogen-bond acceptors (Lipinski definition) is 6. The highest BCUT2D eigenvalue weighted by atomic mass is 16.7. The van der Waals surface area contributed by atoms with Gasteiger partial charge >= 0.3 is 6.16 Å². The highest BCUT2D eigenvalue weighted by molar-refractivity contribution is 5.90. The summed E-state index contributed by atoms with van der Waals surface area (Å²) in [5.41, 5.74) is 1.43. The Bertz CT molecular complexity index is 1150. The van der Waals surface area contributed by atoms with Crippen molar-refractivity contribution in [3.8, 4) is 5.75 Å². The lowest BCUT2D eigenvalue weighted by Gasteiger charge is -2.34. The van der Waals surface area contributed by atoms with Crippen molar-refractivity contribution in [1.82, 2.24) is 0 Å². The second-order valence-electron chi connectivity index (χ2n) is 13.6. The topological polar surface area (TPSA) is 60.4 Å². The molecule has 0 saturated heterocycles. The Balaban J connectivity index is 1.45. The molecule has 2 unspecified atom stereocenters. The quantitative estimate of drug-likeness (QED) is 0.0837. The van der Waals surface area contributed by atoms with Crippen LogP contribution in [-0.4, -0.2) is 25.3 Å². The molecule has 0 radical (unpaired) electrons. The molecule has 0 bridgehead atoms. The first-order valence-corrected chi connectivity index (χ1v) is 19.0. The molecule has 2 aromatic carbocycles. The molecule has 2 atom stereocenters. The van der Waals surface area contributed by atoms with E-state index >= 15 is 0 Å². The molecule has 2 aromatic rings. The van der Waals surface area contributed by atoms with Gasteiger partial charge in [-0.3, -0.25) is 5.01 Å². The van der Waals surface area contributed by atoms with Gasteiger partial charge in [-0.1, -0.05) is 154 Å². The number of carbonyl (C=O) groups excluding carboxylic acids is 1. The van der Waals surface area contributed by atoms with Crippen LogP contribution in [0.4, 0.5) is 10.5 Å². The number of hydrogen-bond donors (Lipinski definition) is 0. The SMILES string of the molecule is CCCCCCCCCCCCCCCCOc1cccc(C2(C)CC(OC(=O)OCC(CC)CCCC)=NN2c2ccccc2)c1. The number of ether oxygens (including phenoxy) is 3. The second kappa shape index (κ2) is 22.5. The Morgan fingerprint density at radius 3 is 2.02 bits per heavy atom. The molecule has 0 spiro atoms. The minimum Gasteiger partial charge on any atom is -0.494 e. The lowest BCUT2D eigenvalue weighted by Crippen LogP contribution is -2.37. The molecule has 3 rings (SSSR count). The van der Waals surface area contributed by atoms with Gasteiger partial charge in [-0.2, -0.15) is 0 Å². The number of nitrogens with zero attached hydrogens (tertiary/aromatic N) is 2. The normalized spacial score (nSPS) is 16.6. The highest BCUT2D eigenvalue weighted by Crippen LogP contribution is 2.42. The van der Waals surface area contributed by atoms with Crippen molar-refractivity contribution in [3.05, 3.63) is 60.2 Å². The summed E-state index contributed by atoms with van der Waals surface area (Å²) >= 11 is 0. The number of rotatable bonds is 24. The van der Waals surface area contributed by atoms with E-state index in [2.05, 4.69) is 39.8 Å². The standard InChI is InChI=1S/C41H64N2O4/c1-5-8-10-11-12-13-14-15-16-17-18-19-20-24-31-45-38-30-25-27-36(32-38)41(4)33-39(42-43(41)37-28-22-21-23-29-37)47-40(44)46-34-35(7-3)26-9-6-2/h21-23,25,27-30,32,35H,5-20,24,26,31,33-34H2,1-4H3. The van der Waals surface area contributed by atoms with Crippen LogP contribution in [-0.2, 0) is 15.0 Å². The van der Waals surface area contributed by atoms with Crippen molar-refractivity contribution >= 4 is 17.7 Å².